The van der Waals surface area contributed by atoms with Gasteiger partial charge in [-0.25, -0.2) is 0 Å². The second-order valence-electron chi connectivity index (χ2n) is 5.68. The van der Waals surface area contributed by atoms with Gasteiger partial charge in [0.05, 0.1) is 12.7 Å². The maximum atomic E-state index is 12.4. The van der Waals surface area contributed by atoms with Crippen molar-refractivity contribution in [2.75, 3.05) is 19.8 Å². The topological polar surface area (TPSA) is 144 Å². The minimum absolute atomic E-state index is 0.0471. The fourth-order valence-electron chi connectivity index (χ4n) is 2.48. The van der Waals surface area contributed by atoms with E-state index in [0.29, 0.717) is 6.42 Å². The molecular weight excluding hydrogens is 350 g/mol. The summed E-state index contributed by atoms with van der Waals surface area (Å²) in [4.78, 5) is 29.1. The molecule has 0 radical (unpaired) electrons. The van der Waals surface area contributed by atoms with Crippen LogP contribution in [0.2, 0.25) is 0 Å². The quantitative estimate of drug-likeness (QED) is 0.210. The van der Waals surface area contributed by atoms with E-state index in [4.69, 9.17) is 22.4 Å². The minimum Gasteiger partial charge on any atom is -0.480 e. The molecule has 2 heterocycles. The lowest BCUT2D eigenvalue weighted by molar-refractivity contribution is -0.139. The van der Waals surface area contributed by atoms with Crippen LogP contribution in [0, 0.1) is 0 Å². The Morgan fingerprint density at radius 2 is 2.36 bits per heavy atom. The minimum atomic E-state index is -1.31. The number of carbonyl (C=O) groups excluding carboxylic acids is 1. The third kappa shape index (κ3) is 5.15. The van der Waals surface area contributed by atoms with Gasteiger partial charge in [-0.1, -0.05) is 11.6 Å². The molecule has 138 valence electrons. The van der Waals surface area contributed by atoms with Crippen LogP contribution < -0.4 is 21.8 Å². The zero-order valence-corrected chi connectivity index (χ0v) is 14.4. The second kappa shape index (κ2) is 8.79. The van der Waals surface area contributed by atoms with E-state index in [1.165, 1.54) is 0 Å². The van der Waals surface area contributed by atoms with Crippen LogP contribution in [-0.2, 0) is 9.59 Å². The molecule has 0 aromatic heterocycles. The van der Waals surface area contributed by atoms with Gasteiger partial charge in [-0.2, -0.15) is 5.10 Å². The van der Waals surface area contributed by atoms with E-state index in [2.05, 4.69) is 37.8 Å². The van der Waals surface area contributed by atoms with E-state index >= 15 is 0 Å². The van der Waals surface area contributed by atoms with E-state index in [1.807, 2.05) is 0 Å². The number of hydrazone groups is 1. The van der Waals surface area contributed by atoms with Gasteiger partial charge in [0.15, 0.2) is 0 Å². The lowest BCUT2D eigenvalue weighted by Gasteiger charge is -2.25. The number of carboxylic acids is 1. The standard InChI is InChI=1S/C14H22ClN7O3/c1-17-10(15)6-9(12(16)14(24)25)19-13(23)8-2-3-11(21-20-8)22-5-4-18-7-22/h2,9-10,12,18,20H,1,3-7,16H2,(H,19,23)(H,24,25). The third-order valence-corrected chi connectivity index (χ3v) is 4.26. The average Bonchev–Trinajstić information content (AvgIpc) is 3.14. The van der Waals surface area contributed by atoms with Gasteiger partial charge in [-0.3, -0.25) is 25.3 Å². The fraction of sp³-hybridized carbons (Fsp3) is 0.571. The highest BCUT2D eigenvalue weighted by atomic mass is 35.5. The highest BCUT2D eigenvalue weighted by Crippen LogP contribution is 2.12. The van der Waals surface area contributed by atoms with Crippen molar-refractivity contribution in [1.29, 1.82) is 0 Å². The van der Waals surface area contributed by atoms with E-state index in [1.54, 1.807) is 6.08 Å². The molecule has 11 heteroatoms. The molecule has 25 heavy (non-hydrogen) atoms. The molecule has 0 aliphatic carbocycles. The zero-order chi connectivity index (χ0) is 18.4. The molecule has 1 fully saturated rings. The number of nitrogens with zero attached hydrogens (tertiary/aromatic N) is 3. The highest BCUT2D eigenvalue weighted by Gasteiger charge is 2.29. The van der Waals surface area contributed by atoms with Crippen LogP contribution in [0.1, 0.15) is 12.8 Å². The van der Waals surface area contributed by atoms with Gasteiger partial charge in [-0.15, -0.1) is 0 Å². The van der Waals surface area contributed by atoms with Crippen LogP contribution in [-0.4, -0.2) is 71.8 Å². The van der Waals surface area contributed by atoms with Crippen molar-refractivity contribution < 1.29 is 14.7 Å². The number of rotatable bonds is 7. The summed E-state index contributed by atoms with van der Waals surface area (Å²) in [6.07, 6.45) is 2.24. The SMILES string of the molecule is C=NC(Cl)CC(NC(=O)C1=CCC(N2CCNC2)=NN1)C(N)C(=O)O. The normalized spacial score (nSPS) is 20.6. The Morgan fingerprint density at radius 1 is 1.60 bits per heavy atom. The molecule has 3 unspecified atom stereocenters. The number of hydrogen-bond donors (Lipinski definition) is 5. The number of aliphatic imine (C=N–C) groups is 1. The van der Waals surface area contributed by atoms with Crippen molar-refractivity contribution in [3.63, 3.8) is 0 Å². The zero-order valence-electron chi connectivity index (χ0n) is 13.6. The number of alkyl halides is 1. The Balaban J connectivity index is 1.96. The van der Waals surface area contributed by atoms with Crippen LogP contribution in [0.3, 0.4) is 0 Å². The molecule has 6 N–H and O–H groups in total. The van der Waals surface area contributed by atoms with Gasteiger partial charge < -0.3 is 21.1 Å². The van der Waals surface area contributed by atoms with Crippen molar-refractivity contribution >= 4 is 36.0 Å². The van der Waals surface area contributed by atoms with Crippen LogP contribution in [0.15, 0.2) is 21.9 Å². The molecule has 2 rings (SSSR count). The van der Waals surface area contributed by atoms with E-state index < -0.39 is 29.5 Å². The lowest BCUT2D eigenvalue weighted by Crippen LogP contribution is -2.53. The van der Waals surface area contributed by atoms with Crippen molar-refractivity contribution in [2.24, 2.45) is 15.8 Å². The van der Waals surface area contributed by atoms with Gasteiger partial charge in [0.2, 0.25) is 0 Å². The largest absolute Gasteiger partial charge is 0.480 e. The summed E-state index contributed by atoms with van der Waals surface area (Å²) >= 11 is 5.88. The number of halogens is 1. The summed E-state index contributed by atoms with van der Waals surface area (Å²) in [5, 5.41) is 19.1. The summed E-state index contributed by atoms with van der Waals surface area (Å²) in [5.74, 6) is -0.917. The summed E-state index contributed by atoms with van der Waals surface area (Å²) < 4.78 is 0. The highest BCUT2D eigenvalue weighted by molar-refractivity contribution is 6.20. The molecule has 0 spiro atoms. The van der Waals surface area contributed by atoms with E-state index in [9.17, 15) is 9.59 Å². The molecule has 0 bridgehead atoms. The first-order valence-electron chi connectivity index (χ1n) is 7.80. The maximum absolute atomic E-state index is 12.4. The predicted molar refractivity (Wildman–Crippen MR) is 94.2 cm³/mol. The Hall–Kier alpha value is -2.17. The number of carboxylic acid groups (broad SMARTS) is 1. The van der Waals surface area contributed by atoms with Crippen molar-refractivity contribution in [3.05, 3.63) is 11.8 Å². The monoisotopic (exact) mass is 371 g/mol. The number of nitrogens with two attached hydrogens (primary N) is 1. The molecule has 10 nitrogen and oxygen atoms in total. The molecule has 1 saturated heterocycles. The molecule has 2 aliphatic heterocycles. The lowest BCUT2D eigenvalue weighted by atomic mass is 10.1. The fourth-order valence-corrected chi connectivity index (χ4v) is 2.67. The summed E-state index contributed by atoms with van der Waals surface area (Å²) in [7, 11) is 0. The summed E-state index contributed by atoms with van der Waals surface area (Å²) in [6, 6.07) is -2.21. The van der Waals surface area contributed by atoms with Gasteiger partial charge in [-0.05, 0) is 12.8 Å². The first-order valence-corrected chi connectivity index (χ1v) is 8.23. The Kier molecular flexibility index (Phi) is 6.73. The van der Waals surface area contributed by atoms with Crippen LogP contribution in [0.4, 0.5) is 0 Å². The summed E-state index contributed by atoms with van der Waals surface area (Å²) in [6.45, 7) is 5.77. The Bertz CT molecular complexity index is 589. The van der Waals surface area contributed by atoms with Gasteiger partial charge in [0, 0.05) is 25.9 Å². The smallest absolute Gasteiger partial charge is 0.322 e. The first kappa shape index (κ1) is 19.2. The number of amides is 1. The van der Waals surface area contributed by atoms with Crippen molar-refractivity contribution in [2.45, 2.75) is 30.4 Å². The molecule has 0 aromatic carbocycles. The molecular formula is C14H22ClN7O3. The molecule has 3 atom stereocenters. The van der Waals surface area contributed by atoms with Gasteiger partial charge in [0.1, 0.15) is 23.1 Å². The Morgan fingerprint density at radius 3 is 2.88 bits per heavy atom. The van der Waals surface area contributed by atoms with Crippen LogP contribution in [0.5, 0.6) is 0 Å². The molecule has 0 aromatic rings. The van der Waals surface area contributed by atoms with Crippen LogP contribution in [0.25, 0.3) is 0 Å². The summed E-state index contributed by atoms with van der Waals surface area (Å²) in [5.41, 5.74) is 7.81. The van der Waals surface area contributed by atoms with Crippen molar-refractivity contribution in [1.82, 2.24) is 21.0 Å². The van der Waals surface area contributed by atoms with E-state index in [0.717, 1.165) is 25.6 Å². The van der Waals surface area contributed by atoms with Gasteiger partial charge >= 0.3 is 5.97 Å². The number of carbonyl (C=O) groups is 2. The number of hydrogen-bond acceptors (Lipinski definition) is 8. The number of amidine groups is 1. The van der Waals surface area contributed by atoms with Crippen LogP contribution >= 0.6 is 11.6 Å². The third-order valence-electron chi connectivity index (χ3n) is 3.95. The van der Waals surface area contributed by atoms with Crippen molar-refractivity contribution in [3.8, 4) is 0 Å². The Labute approximate surface area is 150 Å². The first-order chi connectivity index (χ1) is 11.9. The average molecular weight is 372 g/mol. The molecule has 2 aliphatic rings. The number of aliphatic carboxylic acids is 1. The van der Waals surface area contributed by atoms with Gasteiger partial charge in [0.25, 0.3) is 5.91 Å². The van der Waals surface area contributed by atoms with E-state index in [-0.39, 0.29) is 12.1 Å². The second-order valence-corrected chi connectivity index (χ2v) is 6.18. The molecule has 1 amide bonds. The number of nitrogens with one attached hydrogen (secondary N) is 3. The predicted octanol–water partition coefficient (Wildman–Crippen LogP) is -1.41. The molecule has 0 saturated carbocycles. The maximum Gasteiger partial charge on any atom is 0.322 e.